The molecule has 0 amide bonds. The van der Waals surface area contributed by atoms with Gasteiger partial charge >= 0.3 is 0 Å². The fourth-order valence-corrected chi connectivity index (χ4v) is 3.93. The highest BCUT2D eigenvalue weighted by Gasteiger charge is 2.19. The van der Waals surface area contributed by atoms with Crippen LogP contribution in [0.5, 0.6) is 0 Å². The van der Waals surface area contributed by atoms with Gasteiger partial charge in [-0.05, 0) is 24.3 Å². The molecule has 0 aliphatic rings. The van der Waals surface area contributed by atoms with E-state index < -0.39 is 11.9 Å². The van der Waals surface area contributed by atoms with Crippen LogP contribution in [0.3, 0.4) is 0 Å². The average molecular weight is 513 g/mol. The quantitative estimate of drug-likeness (QED) is 0.293. The van der Waals surface area contributed by atoms with Crippen molar-refractivity contribution >= 4 is 23.3 Å². The Morgan fingerprint density at radius 3 is 0.947 bits per heavy atom. The third-order valence-electron chi connectivity index (χ3n) is 5.92. The molecule has 0 aliphatic carbocycles. The largest absolute Gasteiger partial charge is 0.543 e. The summed E-state index contributed by atoms with van der Waals surface area (Å²) >= 11 is 0. The van der Waals surface area contributed by atoms with E-state index in [1.165, 1.54) is 22.5 Å². The molecule has 0 bridgehead atoms. The second-order valence-corrected chi connectivity index (χ2v) is 9.90. The second-order valence-electron chi connectivity index (χ2n) is 9.90. The van der Waals surface area contributed by atoms with Gasteiger partial charge in [-0.2, -0.15) is 0 Å². The van der Waals surface area contributed by atoms with Crippen molar-refractivity contribution < 1.29 is 19.8 Å². The molecule has 0 saturated heterocycles. The minimum absolute atomic E-state index is 0.880. The summed E-state index contributed by atoms with van der Waals surface area (Å²) < 4.78 is 1.76. The molecule has 198 valence electrons. The molecule has 0 radical (unpaired) electrons. The van der Waals surface area contributed by atoms with Crippen LogP contribution in [0.15, 0.2) is 121 Å². The molecule has 6 heteroatoms. The molecule has 4 rings (SSSR count). The first kappa shape index (κ1) is 30.0. The fourth-order valence-electron chi connectivity index (χ4n) is 3.93. The number of carboxylic acids is 2. The zero-order chi connectivity index (χ0) is 28.0. The van der Waals surface area contributed by atoms with Crippen LogP contribution in [0.2, 0.25) is 0 Å². The first-order valence-electron chi connectivity index (χ1n) is 12.3. The number of aliphatic carboxylic acids is 2. The number of benzene rings is 4. The number of rotatable bonds is 6. The van der Waals surface area contributed by atoms with Crippen LogP contribution in [0.4, 0.5) is 11.4 Å². The van der Waals surface area contributed by atoms with Crippen molar-refractivity contribution in [3.8, 4) is 0 Å². The average Bonchev–Trinajstić information content (AvgIpc) is 2.91. The summed E-state index contributed by atoms with van der Waals surface area (Å²) in [7, 11) is 8.95. The molecule has 6 nitrogen and oxygen atoms in total. The fraction of sp³-hybridized carbons (Fsp3) is 0.188. The summed E-state index contributed by atoms with van der Waals surface area (Å²) in [5.74, 6) is -4.37. The molecule has 0 saturated carbocycles. The third kappa shape index (κ3) is 10.4. The summed E-state index contributed by atoms with van der Waals surface area (Å²) in [4.78, 5) is 17.9. The molecule has 0 aliphatic heterocycles. The topological polar surface area (TPSA) is 80.3 Å². The number of carbonyl (C=O) groups excluding carboxylic acids is 2. The highest BCUT2D eigenvalue weighted by Crippen LogP contribution is 2.22. The molecule has 4 aromatic carbocycles. The lowest BCUT2D eigenvalue weighted by Crippen LogP contribution is -2.42. The smallest absolute Gasteiger partial charge is 0.132 e. The summed E-state index contributed by atoms with van der Waals surface area (Å²) in [5, 5.41) is 17.9. The molecule has 0 heterocycles. The molecule has 0 unspecified atom stereocenters. The number of hydrogen-bond donors (Lipinski definition) is 0. The van der Waals surface area contributed by atoms with Crippen LogP contribution in [-0.4, -0.2) is 40.1 Å². The van der Waals surface area contributed by atoms with Crippen molar-refractivity contribution in [3.05, 3.63) is 132 Å². The zero-order valence-electron chi connectivity index (χ0n) is 22.5. The zero-order valence-corrected chi connectivity index (χ0v) is 22.5. The van der Waals surface area contributed by atoms with E-state index in [1.54, 1.807) is 0 Å². The van der Waals surface area contributed by atoms with Gasteiger partial charge in [-0.1, -0.05) is 97.1 Å². The van der Waals surface area contributed by atoms with Crippen molar-refractivity contribution in [1.82, 2.24) is 8.97 Å². The third-order valence-corrected chi connectivity index (χ3v) is 5.92. The molecule has 0 fully saturated rings. The number of hydrogen-bond acceptors (Lipinski definition) is 4. The standard InChI is InChI=1S/2C15H18N.C2H2O4/c2*1-16(2,15-11-7-4-8-12-15)13-14-9-5-3-6-10-14;3-1(4)2(5)6/h2*3-12H,13H2,1-2H3;(H,3,4)(H,5,6)/q2*+1;/p-2. The SMILES string of the molecule is C[N+](C)(Cc1ccccc1)c1ccccc1.C[N+](C)(Cc1ccccc1)c1ccccc1.O=C([O-])C(=O)[O-]. The summed E-state index contributed by atoms with van der Waals surface area (Å²) in [6.45, 7) is 2.04. The van der Waals surface area contributed by atoms with Gasteiger partial charge in [0.1, 0.15) is 24.5 Å². The monoisotopic (exact) mass is 512 g/mol. The van der Waals surface area contributed by atoms with Crippen molar-refractivity contribution in [2.45, 2.75) is 13.1 Å². The highest BCUT2D eigenvalue weighted by atomic mass is 16.4. The van der Waals surface area contributed by atoms with Crippen LogP contribution in [0.25, 0.3) is 0 Å². The predicted octanol–water partition coefficient (Wildman–Crippen LogP) is 3.39. The maximum Gasteiger partial charge on any atom is 0.132 e. The maximum atomic E-state index is 8.93. The number of quaternary nitrogens is 2. The van der Waals surface area contributed by atoms with Gasteiger partial charge in [0.05, 0.1) is 40.1 Å². The van der Waals surface area contributed by atoms with Crippen LogP contribution in [0, 0.1) is 0 Å². The first-order valence-corrected chi connectivity index (χ1v) is 12.3. The minimum Gasteiger partial charge on any atom is -0.543 e. The van der Waals surface area contributed by atoms with E-state index in [-0.39, 0.29) is 0 Å². The number of nitrogens with zero attached hydrogens (tertiary/aromatic N) is 2. The maximum absolute atomic E-state index is 8.93. The van der Waals surface area contributed by atoms with E-state index in [4.69, 9.17) is 19.8 Å². The molecule has 4 aromatic rings. The Bertz CT molecular complexity index is 1140. The highest BCUT2D eigenvalue weighted by molar-refractivity contribution is 6.25. The number of para-hydroxylation sites is 2. The van der Waals surface area contributed by atoms with Crippen molar-refractivity contribution in [2.75, 3.05) is 28.2 Å². The van der Waals surface area contributed by atoms with Gasteiger partial charge < -0.3 is 19.8 Å². The molecule has 0 spiro atoms. The van der Waals surface area contributed by atoms with Gasteiger partial charge in [0.2, 0.25) is 0 Å². The molecule has 0 aromatic heterocycles. The Morgan fingerprint density at radius 1 is 0.474 bits per heavy atom. The second kappa shape index (κ2) is 14.5. The molecule has 0 atom stereocenters. The van der Waals surface area contributed by atoms with E-state index in [9.17, 15) is 0 Å². The Labute approximate surface area is 225 Å². The molecule has 38 heavy (non-hydrogen) atoms. The van der Waals surface area contributed by atoms with Gasteiger partial charge in [-0.25, -0.2) is 0 Å². The van der Waals surface area contributed by atoms with E-state index >= 15 is 0 Å². The van der Waals surface area contributed by atoms with Gasteiger partial charge in [-0.15, -0.1) is 0 Å². The van der Waals surface area contributed by atoms with Crippen molar-refractivity contribution in [1.29, 1.82) is 0 Å². The lowest BCUT2D eigenvalue weighted by molar-refractivity contribution is -0.345. The van der Waals surface area contributed by atoms with Crippen LogP contribution in [0.1, 0.15) is 11.1 Å². The summed E-state index contributed by atoms with van der Waals surface area (Å²) in [6, 6.07) is 42.5. The van der Waals surface area contributed by atoms with Gasteiger partial charge in [0, 0.05) is 11.1 Å². The van der Waals surface area contributed by atoms with Crippen molar-refractivity contribution in [3.63, 3.8) is 0 Å². The number of carbonyl (C=O) groups is 2. The summed E-state index contributed by atoms with van der Waals surface area (Å²) in [6.07, 6.45) is 0. The molecular weight excluding hydrogens is 476 g/mol. The van der Waals surface area contributed by atoms with E-state index in [2.05, 4.69) is 150 Å². The first-order chi connectivity index (χ1) is 18.0. The lowest BCUT2D eigenvalue weighted by atomic mass is 10.2. The summed E-state index contributed by atoms with van der Waals surface area (Å²) in [5.41, 5.74) is 5.42. The Morgan fingerprint density at radius 2 is 0.711 bits per heavy atom. The van der Waals surface area contributed by atoms with Crippen LogP contribution >= 0.6 is 0 Å². The molecule has 0 N–H and O–H groups in total. The van der Waals surface area contributed by atoms with E-state index in [0.29, 0.717) is 0 Å². The van der Waals surface area contributed by atoms with Crippen LogP contribution < -0.4 is 19.2 Å². The van der Waals surface area contributed by atoms with Gasteiger partial charge in [0.15, 0.2) is 0 Å². The normalized spacial score (nSPS) is 10.7. The van der Waals surface area contributed by atoms with Crippen LogP contribution in [-0.2, 0) is 22.7 Å². The predicted molar refractivity (Wildman–Crippen MR) is 150 cm³/mol. The van der Waals surface area contributed by atoms with Crippen molar-refractivity contribution in [2.24, 2.45) is 0 Å². The lowest BCUT2D eigenvalue weighted by Gasteiger charge is -2.29. The number of carboxylic acid groups (broad SMARTS) is 2. The van der Waals surface area contributed by atoms with Gasteiger partial charge in [-0.3, -0.25) is 8.97 Å². The minimum atomic E-state index is -2.19. The molecular formula is C32H36N2O4. The van der Waals surface area contributed by atoms with Gasteiger partial charge in [0.25, 0.3) is 0 Å². The Balaban J connectivity index is 0.000000221. The Kier molecular flexibility index (Phi) is 11.4. The Hall–Kier alpha value is -4.26. The van der Waals surface area contributed by atoms with E-state index in [0.717, 1.165) is 22.1 Å². The van der Waals surface area contributed by atoms with E-state index in [1.807, 2.05) is 0 Å².